The molecule has 194 valence electrons. The molecule has 2 heterocycles. The fourth-order valence-electron chi connectivity index (χ4n) is 4.24. The van der Waals surface area contributed by atoms with E-state index in [2.05, 4.69) is 10.3 Å². The van der Waals surface area contributed by atoms with Gasteiger partial charge >= 0.3 is 0 Å². The van der Waals surface area contributed by atoms with Crippen molar-refractivity contribution in [2.75, 3.05) is 46.9 Å². The molecule has 1 aliphatic heterocycles. The number of carbonyl (C=O) groups excluding carboxylic acids is 4. The highest BCUT2D eigenvalue weighted by Crippen LogP contribution is 2.26. The number of ether oxygens (including phenoxy) is 2. The summed E-state index contributed by atoms with van der Waals surface area (Å²) in [6.07, 6.45) is 0.564. The number of piperazine rings is 1. The number of rotatable bonds is 8. The van der Waals surface area contributed by atoms with Gasteiger partial charge in [-0.15, -0.1) is 0 Å². The first-order chi connectivity index (χ1) is 17.8. The van der Waals surface area contributed by atoms with E-state index in [4.69, 9.17) is 9.47 Å². The Hall–Kier alpha value is -4.09. The Bertz CT molecular complexity index is 1310. The highest BCUT2D eigenvalue weighted by Gasteiger charge is 2.31. The molecule has 0 saturated carbocycles. The van der Waals surface area contributed by atoms with Gasteiger partial charge in [-0.25, -0.2) is 4.39 Å². The summed E-state index contributed by atoms with van der Waals surface area (Å²) in [4.78, 5) is 57.2. The summed E-state index contributed by atoms with van der Waals surface area (Å²) in [6.45, 7) is 0.921. The lowest BCUT2D eigenvalue weighted by Gasteiger charge is -2.34. The average Bonchev–Trinajstić information content (AvgIpc) is 3.39. The van der Waals surface area contributed by atoms with Gasteiger partial charge in [0.05, 0.1) is 23.2 Å². The van der Waals surface area contributed by atoms with Gasteiger partial charge < -0.3 is 29.6 Å². The molecule has 2 N–H and O–H groups in total. The van der Waals surface area contributed by atoms with Crippen molar-refractivity contribution in [3.8, 4) is 0 Å². The SMILES string of the molecule is COC(CNC(=O)c1ccc(F)c2c(C(=O)C(=O)N3CCN(C(=O)c4ccccc4)CC3)c[nH]c12)OC. The lowest BCUT2D eigenvalue weighted by Crippen LogP contribution is -2.52. The largest absolute Gasteiger partial charge is 0.360 e. The second-order valence-corrected chi connectivity index (χ2v) is 8.44. The van der Waals surface area contributed by atoms with Crippen LogP contribution in [0.25, 0.3) is 10.9 Å². The molecule has 37 heavy (non-hydrogen) atoms. The summed E-state index contributed by atoms with van der Waals surface area (Å²) in [5.74, 6) is -3.12. The zero-order valence-electron chi connectivity index (χ0n) is 20.5. The number of ketones is 1. The number of amides is 3. The molecular weight excluding hydrogens is 483 g/mol. The minimum atomic E-state index is -0.899. The van der Waals surface area contributed by atoms with Gasteiger partial charge in [0, 0.05) is 57.5 Å². The summed E-state index contributed by atoms with van der Waals surface area (Å²) < 4.78 is 24.9. The summed E-state index contributed by atoms with van der Waals surface area (Å²) in [5.41, 5.74) is 0.578. The maximum atomic E-state index is 14.8. The van der Waals surface area contributed by atoms with Crippen LogP contribution in [0.3, 0.4) is 0 Å². The number of aromatic amines is 1. The standard InChI is InChI=1S/C26H27FN4O6/c1-36-20(37-2)15-29-24(33)17-8-9-19(27)21-18(14-28-22(17)21)23(32)26(35)31-12-10-30(11-13-31)25(34)16-6-4-3-5-7-16/h3-9,14,20,28H,10-13,15H2,1-2H3,(H,29,33). The molecule has 1 saturated heterocycles. The molecule has 0 unspecified atom stereocenters. The Labute approximate surface area is 212 Å². The predicted octanol–water partition coefficient (Wildman–Crippen LogP) is 1.82. The molecule has 0 radical (unpaired) electrons. The lowest BCUT2D eigenvalue weighted by molar-refractivity contribution is -0.127. The molecule has 1 fully saturated rings. The number of H-pyrrole nitrogens is 1. The van der Waals surface area contributed by atoms with E-state index in [-0.39, 0.29) is 60.7 Å². The van der Waals surface area contributed by atoms with Gasteiger partial charge in [-0.05, 0) is 24.3 Å². The fraction of sp³-hybridized carbons (Fsp3) is 0.308. The van der Waals surface area contributed by atoms with Crippen LogP contribution in [-0.4, -0.2) is 91.5 Å². The van der Waals surface area contributed by atoms with Gasteiger partial charge in [-0.2, -0.15) is 0 Å². The molecule has 0 aliphatic carbocycles. The zero-order chi connectivity index (χ0) is 26.5. The predicted molar refractivity (Wildman–Crippen MR) is 132 cm³/mol. The van der Waals surface area contributed by atoms with Gasteiger partial charge in [0.1, 0.15) is 5.82 Å². The van der Waals surface area contributed by atoms with Gasteiger partial charge in [0.25, 0.3) is 23.5 Å². The molecule has 3 aromatic rings. The van der Waals surface area contributed by atoms with E-state index in [0.717, 1.165) is 6.07 Å². The summed E-state index contributed by atoms with van der Waals surface area (Å²) in [7, 11) is 2.86. The molecule has 0 bridgehead atoms. The number of nitrogens with zero attached hydrogens (tertiary/aromatic N) is 2. The van der Waals surface area contributed by atoms with Gasteiger partial charge in [0.15, 0.2) is 6.29 Å². The van der Waals surface area contributed by atoms with Gasteiger partial charge in [0.2, 0.25) is 0 Å². The third-order valence-corrected chi connectivity index (χ3v) is 6.30. The minimum absolute atomic E-state index is 0.0500. The van der Waals surface area contributed by atoms with E-state index < -0.39 is 29.7 Å². The van der Waals surface area contributed by atoms with Crippen LogP contribution in [-0.2, 0) is 14.3 Å². The lowest BCUT2D eigenvalue weighted by atomic mass is 10.0. The van der Waals surface area contributed by atoms with Crippen LogP contribution in [0.5, 0.6) is 0 Å². The average molecular weight is 511 g/mol. The van der Waals surface area contributed by atoms with Crippen molar-refractivity contribution >= 4 is 34.4 Å². The Morgan fingerprint density at radius 3 is 2.24 bits per heavy atom. The number of fused-ring (bicyclic) bond motifs is 1. The van der Waals surface area contributed by atoms with Crippen molar-refractivity contribution in [1.29, 1.82) is 0 Å². The van der Waals surface area contributed by atoms with Crippen molar-refractivity contribution in [3.05, 3.63) is 71.2 Å². The molecule has 1 aliphatic rings. The van der Waals surface area contributed by atoms with Crippen molar-refractivity contribution in [2.24, 2.45) is 0 Å². The Morgan fingerprint density at radius 1 is 0.946 bits per heavy atom. The number of methoxy groups -OCH3 is 2. The number of aromatic nitrogens is 1. The number of halogens is 1. The van der Waals surface area contributed by atoms with E-state index in [9.17, 15) is 23.6 Å². The quantitative estimate of drug-likeness (QED) is 0.271. The van der Waals surface area contributed by atoms with Crippen LogP contribution < -0.4 is 5.32 Å². The van der Waals surface area contributed by atoms with Crippen LogP contribution in [0, 0.1) is 5.82 Å². The van der Waals surface area contributed by atoms with Crippen LogP contribution >= 0.6 is 0 Å². The second-order valence-electron chi connectivity index (χ2n) is 8.44. The molecule has 11 heteroatoms. The van der Waals surface area contributed by atoms with E-state index in [1.807, 2.05) is 6.07 Å². The van der Waals surface area contributed by atoms with E-state index in [1.54, 1.807) is 29.2 Å². The summed E-state index contributed by atoms with van der Waals surface area (Å²) >= 11 is 0. The molecule has 3 amide bonds. The number of Topliss-reactive ketones (excluding diaryl/α,β-unsaturated/α-hetero) is 1. The van der Waals surface area contributed by atoms with Crippen molar-refractivity contribution in [1.82, 2.24) is 20.1 Å². The zero-order valence-corrected chi connectivity index (χ0v) is 20.5. The smallest absolute Gasteiger partial charge is 0.295 e. The number of carbonyl (C=O) groups is 4. The van der Waals surface area contributed by atoms with Crippen LogP contribution in [0.15, 0.2) is 48.7 Å². The first kappa shape index (κ1) is 26.0. The molecular formula is C26H27FN4O6. The van der Waals surface area contributed by atoms with Crippen molar-refractivity contribution in [2.45, 2.75) is 6.29 Å². The maximum absolute atomic E-state index is 14.8. The third-order valence-electron chi connectivity index (χ3n) is 6.30. The minimum Gasteiger partial charge on any atom is -0.360 e. The number of hydrogen-bond acceptors (Lipinski definition) is 6. The molecule has 0 atom stereocenters. The Kier molecular flexibility index (Phi) is 7.95. The molecule has 10 nitrogen and oxygen atoms in total. The molecule has 0 spiro atoms. The van der Waals surface area contributed by atoms with E-state index >= 15 is 0 Å². The number of benzene rings is 2. The maximum Gasteiger partial charge on any atom is 0.295 e. The first-order valence-electron chi connectivity index (χ1n) is 11.7. The highest BCUT2D eigenvalue weighted by molar-refractivity contribution is 6.45. The Morgan fingerprint density at radius 2 is 1.59 bits per heavy atom. The summed E-state index contributed by atoms with van der Waals surface area (Å²) in [5, 5.41) is 2.49. The van der Waals surface area contributed by atoms with E-state index in [1.165, 1.54) is 31.4 Å². The van der Waals surface area contributed by atoms with Crippen molar-refractivity contribution in [3.63, 3.8) is 0 Å². The highest BCUT2D eigenvalue weighted by atomic mass is 19.1. The topological polar surface area (TPSA) is 121 Å². The van der Waals surface area contributed by atoms with E-state index in [0.29, 0.717) is 5.56 Å². The summed E-state index contributed by atoms with van der Waals surface area (Å²) in [6, 6.07) is 11.2. The second kappa shape index (κ2) is 11.3. The Balaban J connectivity index is 1.47. The number of hydrogen-bond donors (Lipinski definition) is 2. The normalized spacial score (nSPS) is 13.7. The van der Waals surface area contributed by atoms with Crippen LogP contribution in [0.2, 0.25) is 0 Å². The molecule has 4 rings (SSSR count). The van der Waals surface area contributed by atoms with Crippen molar-refractivity contribution < 1.29 is 33.0 Å². The molecule has 1 aromatic heterocycles. The van der Waals surface area contributed by atoms with Gasteiger partial charge in [-0.1, -0.05) is 18.2 Å². The monoisotopic (exact) mass is 510 g/mol. The molecule has 2 aromatic carbocycles. The third kappa shape index (κ3) is 5.37. The van der Waals surface area contributed by atoms with Crippen LogP contribution in [0.4, 0.5) is 4.39 Å². The number of nitrogens with one attached hydrogen (secondary N) is 2. The first-order valence-corrected chi connectivity index (χ1v) is 11.7. The fourth-order valence-corrected chi connectivity index (χ4v) is 4.24. The van der Waals surface area contributed by atoms with Gasteiger partial charge in [-0.3, -0.25) is 19.2 Å². The van der Waals surface area contributed by atoms with Crippen LogP contribution in [0.1, 0.15) is 31.1 Å².